The summed E-state index contributed by atoms with van der Waals surface area (Å²) in [4.78, 5) is 14.3. The van der Waals surface area contributed by atoms with Gasteiger partial charge in [-0.2, -0.15) is 0 Å². The summed E-state index contributed by atoms with van der Waals surface area (Å²) in [6, 6.07) is 12.3. The zero-order chi connectivity index (χ0) is 20.4. The number of hydrogen-bond acceptors (Lipinski definition) is 3. The van der Waals surface area contributed by atoms with Crippen LogP contribution in [0.5, 0.6) is 0 Å². The summed E-state index contributed by atoms with van der Waals surface area (Å²) in [5, 5.41) is 1.14. The molecule has 2 aromatic carbocycles. The first-order chi connectivity index (χ1) is 14.1. The molecule has 1 atom stereocenters. The fourth-order valence-corrected chi connectivity index (χ4v) is 4.91. The average molecular weight is 428 g/mol. The summed E-state index contributed by atoms with van der Waals surface area (Å²) < 4.78 is 4.90. The number of esters is 1. The van der Waals surface area contributed by atoms with Crippen LogP contribution in [0.15, 0.2) is 36.4 Å². The van der Waals surface area contributed by atoms with Crippen LogP contribution in [0.2, 0.25) is 10.0 Å². The molecule has 1 saturated heterocycles. The number of benzene rings is 2. The van der Waals surface area contributed by atoms with Crippen molar-refractivity contribution in [2.75, 3.05) is 20.2 Å². The molecular weight excluding hydrogens is 405 g/mol. The van der Waals surface area contributed by atoms with Gasteiger partial charge in [0, 0.05) is 11.6 Å². The molecule has 0 radical (unpaired) electrons. The van der Waals surface area contributed by atoms with Crippen molar-refractivity contribution >= 4 is 29.2 Å². The van der Waals surface area contributed by atoms with Crippen LogP contribution in [0, 0.1) is 17.8 Å². The van der Waals surface area contributed by atoms with Crippen LogP contribution >= 0.6 is 23.2 Å². The number of piperidine rings is 1. The van der Waals surface area contributed by atoms with Crippen molar-refractivity contribution in [3.63, 3.8) is 0 Å². The highest BCUT2D eigenvalue weighted by atomic mass is 35.5. The van der Waals surface area contributed by atoms with Gasteiger partial charge in [-0.05, 0) is 74.2 Å². The topological polar surface area (TPSA) is 29.5 Å². The van der Waals surface area contributed by atoms with Gasteiger partial charge in [0.05, 0.1) is 28.6 Å². The van der Waals surface area contributed by atoms with Crippen molar-refractivity contribution in [2.24, 2.45) is 5.92 Å². The first-order valence-electron chi connectivity index (χ1n) is 9.97. The minimum Gasteiger partial charge on any atom is -0.469 e. The Morgan fingerprint density at radius 1 is 1.07 bits per heavy atom. The lowest BCUT2D eigenvalue weighted by atomic mass is 9.94. The van der Waals surface area contributed by atoms with Crippen molar-refractivity contribution < 1.29 is 9.53 Å². The Hall–Kier alpha value is -1.99. The number of halogens is 2. The lowest BCUT2D eigenvalue weighted by Gasteiger charge is -2.35. The van der Waals surface area contributed by atoms with E-state index in [1.54, 1.807) is 12.1 Å². The molecule has 4 rings (SSSR count). The zero-order valence-electron chi connectivity index (χ0n) is 16.4. The summed E-state index contributed by atoms with van der Waals surface area (Å²) in [6.07, 6.45) is 3.92. The SMILES string of the molecule is COC(=O)C1CCN(C2CCc3cc(C#Cc4c(Cl)cccc4Cl)ccc32)CC1. The Morgan fingerprint density at radius 3 is 2.48 bits per heavy atom. The van der Waals surface area contributed by atoms with Crippen LogP contribution in [-0.4, -0.2) is 31.1 Å². The molecule has 3 nitrogen and oxygen atoms in total. The van der Waals surface area contributed by atoms with Gasteiger partial charge in [0.1, 0.15) is 0 Å². The van der Waals surface area contributed by atoms with E-state index in [9.17, 15) is 4.79 Å². The molecule has 0 aromatic heterocycles. The maximum Gasteiger partial charge on any atom is 0.308 e. The zero-order valence-corrected chi connectivity index (χ0v) is 17.9. The largest absolute Gasteiger partial charge is 0.469 e. The summed E-state index contributed by atoms with van der Waals surface area (Å²) >= 11 is 12.4. The number of ether oxygens (including phenoxy) is 1. The van der Waals surface area contributed by atoms with Crippen molar-refractivity contribution in [1.82, 2.24) is 4.90 Å². The minimum atomic E-state index is -0.0710. The first-order valence-corrected chi connectivity index (χ1v) is 10.7. The van der Waals surface area contributed by atoms with Crippen molar-refractivity contribution in [2.45, 2.75) is 31.7 Å². The Kier molecular flexibility index (Phi) is 6.15. The third kappa shape index (κ3) is 4.31. The molecule has 0 N–H and O–H groups in total. The second kappa shape index (κ2) is 8.79. The molecular formula is C24H23Cl2NO2. The number of likely N-dealkylation sites (tertiary alicyclic amines) is 1. The lowest BCUT2D eigenvalue weighted by molar-refractivity contribution is -0.147. The van der Waals surface area contributed by atoms with E-state index in [0.29, 0.717) is 21.7 Å². The maximum absolute atomic E-state index is 11.8. The third-order valence-electron chi connectivity index (χ3n) is 5.99. The highest BCUT2D eigenvalue weighted by Crippen LogP contribution is 2.38. The van der Waals surface area contributed by atoms with Crippen molar-refractivity contribution in [1.29, 1.82) is 0 Å². The monoisotopic (exact) mass is 427 g/mol. The molecule has 0 amide bonds. The second-order valence-corrected chi connectivity index (χ2v) is 8.46. The van der Waals surface area contributed by atoms with Gasteiger partial charge in [0.25, 0.3) is 0 Å². The predicted molar refractivity (Wildman–Crippen MR) is 116 cm³/mol. The highest BCUT2D eigenvalue weighted by molar-refractivity contribution is 6.36. The predicted octanol–water partition coefficient (Wildman–Crippen LogP) is 5.27. The summed E-state index contributed by atoms with van der Waals surface area (Å²) in [5.41, 5.74) is 4.40. The van der Waals surface area contributed by atoms with E-state index in [1.807, 2.05) is 6.07 Å². The number of carbonyl (C=O) groups is 1. The minimum absolute atomic E-state index is 0.0476. The highest BCUT2D eigenvalue weighted by Gasteiger charge is 2.33. The molecule has 0 spiro atoms. The molecule has 2 aliphatic rings. The number of fused-ring (bicyclic) bond motifs is 1. The molecule has 5 heteroatoms. The van der Waals surface area contributed by atoms with Gasteiger partial charge in [-0.1, -0.05) is 47.2 Å². The molecule has 1 fully saturated rings. The quantitative estimate of drug-likeness (QED) is 0.483. The van der Waals surface area contributed by atoms with Gasteiger partial charge in [-0.3, -0.25) is 9.69 Å². The lowest BCUT2D eigenvalue weighted by Crippen LogP contribution is -2.38. The van der Waals surface area contributed by atoms with Crippen LogP contribution in [0.25, 0.3) is 0 Å². The normalized spacial score (nSPS) is 19.3. The Morgan fingerprint density at radius 2 is 1.79 bits per heavy atom. The second-order valence-electron chi connectivity index (χ2n) is 7.65. The van der Waals surface area contributed by atoms with E-state index in [0.717, 1.165) is 44.3 Å². The molecule has 2 aromatic rings. The molecule has 150 valence electrons. The summed E-state index contributed by atoms with van der Waals surface area (Å²) in [5.74, 6) is 6.30. The molecule has 1 aliphatic heterocycles. The van der Waals surface area contributed by atoms with Crippen molar-refractivity contribution in [3.8, 4) is 11.8 Å². The number of nitrogens with zero attached hydrogens (tertiary/aromatic N) is 1. The van der Waals surface area contributed by atoms with E-state index < -0.39 is 0 Å². The van der Waals surface area contributed by atoms with Gasteiger partial charge in [0.15, 0.2) is 0 Å². The summed E-state index contributed by atoms with van der Waals surface area (Å²) in [6.45, 7) is 1.88. The Bertz CT molecular complexity index is 964. The van der Waals surface area contributed by atoms with E-state index in [4.69, 9.17) is 27.9 Å². The third-order valence-corrected chi connectivity index (χ3v) is 6.62. The molecule has 29 heavy (non-hydrogen) atoms. The smallest absolute Gasteiger partial charge is 0.308 e. The first kappa shape index (κ1) is 20.3. The molecule has 0 saturated carbocycles. The number of hydrogen-bond donors (Lipinski definition) is 0. The number of methoxy groups -OCH3 is 1. The molecule has 1 unspecified atom stereocenters. The number of carbonyl (C=O) groups excluding carboxylic acids is 1. The number of rotatable bonds is 2. The summed E-state index contributed by atoms with van der Waals surface area (Å²) in [7, 11) is 1.47. The van der Waals surface area contributed by atoms with E-state index in [-0.39, 0.29) is 11.9 Å². The van der Waals surface area contributed by atoms with E-state index in [2.05, 4.69) is 34.9 Å². The Labute approximate surface area is 181 Å². The van der Waals surface area contributed by atoms with Crippen LogP contribution in [0.4, 0.5) is 0 Å². The van der Waals surface area contributed by atoms with Gasteiger partial charge in [0.2, 0.25) is 0 Å². The van der Waals surface area contributed by atoms with E-state index >= 15 is 0 Å². The van der Waals surface area contributed by atoms with Crippen LogP contribution in [-0.2, 0) is 16.0 Å². The molecule has 1 aliphatic carbocycles. The van der Waals surface area contributed by atoms with Gasteiger partial charge < -0.3 is 4.74 Å². The standard InChI is InChI=1S/C24H23Cl2NO2/c1-29-24(28)17-11-13-27(14-12-17)23-10-7-18-15-16(5-8-19(18)23)6-9-20-21(25)3-2-4-22(20)26/h2-5,8,15,17,23H,7,10-14H2,1H3. The van der Waals surface area contributed by atoms with Crippen LogP contribution < -0.4 is 0 Å². The van der Waals surface area contributed by atoms with Gasteiger partial charge in [-0.25, -0.2) is 0 Å². The van der Waals surface area contributed by atoms with Crippen LogP contribution in [0.1, 0.15) is 47.6 Å². The molecule has 1 heterocycles. The fourth-order valence-electron chi connectivity index (χ4n) is 4.42. The van der Waals surface area contributed by atoms with Gasteiger partial charge >= 0.3 is 5.97 Å². The van der Waals surface area contributed by atoms with Gasteiger partial charge in [-0.15, -0.1) is 0 Å². The maximum atomic E-state index is 11.8. The Balaban J connectivity index is 1.48. The van der Waals surface area contributed by atoms with E-state index in [1.165, 1.54) is 18.2 Å². The fraction of sp³-hybridized carbons (Fsp3) is 0.375. The van der Waals surface area contributed by atoms with Crippen LogP contribution in [0.3, 0.4) is 0 Å². The molecule has 0 bridgehead atoms. The average Bonchev–Trinajstić information content (AvgIpc) is 3.16. The van der Waals surface area contributed by atoms with Crippen molar-refractivity contribution in [3.05, 3.63) is 68.7 Å². The number of aryl methyl sites for hydroxylation is 1.